The normalized spacial score (nSPS) is 10.6. The molecule has 0 amide bonds. The summed E-state index contributed by atoms with van der Waals surface area (Å²) in [6.45, 7) is 1.46. The third-order valence-electron chi connectivity index (χ3n) is 4.19. The number of pyridine rings is 2. The minimum absolute atomic E-state index is 0. The Bertz CT molecular complexity index is 1020. The number of nitrogens with one attached hydrogen (secondary N) is 1. The second kappa shape index (κ2) is 7.49. The van der Waals surface area contributed by atoms with E-state index in [1.54, 1.807) is 18.3 Å². The van der Waals surface area contributed by atoms with Gasteiger partial charge in [-0.15, -0.1) is 0 Å². The number of aromatic hydroxyl groups is 1. The summed E-state index contributed by atoms with van der Waals surface area (Å²) in [5, 5.41) is 16.7. The van der Waals surface area contributed by atoms with Crippen LogP contribution in [0.1, 0.15) is 0 Å². The van der Waals surface area contributed by atoms with Gasteiger partial charge in [0.15, 0.2) is 24.3 Å². The van der Waals surface area contributed by atoms with Gasteiger partial charge in [-0.05, 0) is 24.3 Å². The molecule has 0 saturated heterocycles. The molecule has 0 bridgehead atoms. The van der Waals surface area contributed by atoms with E-state index in [0.29, 0.717) is 12.4 Å². The SMILES string of the molecule is Oc1cccnc1NCC[n+]1cc2ccccc2c2ccccc21.[Br-]. The number of halogens is 1. The molecule has 0 unspecified atom stereocenters. The molecule has 2 N–H and O–H groups in total. The smallest absolute Gasteiger partial charge is 0.213 e. The lowest BCUT2D eigenvalue weighted by molar-refractivity contribution is -0.667. The summed E-state index contributed by atoms with van der Waals surface area (Å²) < 4.78 is 2.24. The lowest BCUT2D eigenvalue weighted by atomic mass is 10.1. The maximum Gasteiger partial charge on any atom is 0.213 e. The molecule has 0 aliphatic heterocycles. The molecule has 4 aromatic rings. The molecule has 25 heavy (non-hydrogen) atoms. The van der Waals surface area contributed by atoms with Gasteiger partial charge in [-0.2, -0.15) is 4.57 Å². The van der Waals surface area contributed by atoms with Crippen molar-refractivity contribution in [3.63, 3.8) is 0 Å². The van der Waals surface area contributed by atoms with Crippen LogP contribution in [-0.2, 0) is 6.54 Å². The summed E-state index contributed by atoms with van der Waals surface area (Å²) in [6.07, 6.45) is 3.85. The Hall–Kier alpha value is -2.66. The molecule has 4 rings (SSSR count). The van der Waals surface area contributed by atoms with E-state index < -0.39 is 0 Å². The average molecular weight is 396 g/mol. The number of aromatic nitrogens is 2. The first-order valence-electron chi connectivity index (χ1n) is 8.01. The fourth-order valence-electron chi connectivity index (χ4n) is 3.06. The number of nitrogens with zero attached hydrogens (tertiary/aromatic N) is 2. The fourth-order valence-corrected chi connectivity index (χ4v) is 3.06. The molecule has 0 saturated carbocycles. The van der Waals surface area contributed by atoms with Crippen LogP contribution >= 0.6 is 0 Å². The first-order valence-corrected chi connectivity index (χ1v) is 8.01. The van der Waals surface area contributed by atoms with Gasteiger partial charge in [-0.1, -0.05) is 30.3 Å². The van der Waals surface area contributed by atoms with Crippen LogP contribution < -0.4 is 26.9 Å². The molecule has 0 radical (unpaired) electrons. The maximum absolute atomic E-state index is 9.79. The number of fused-ring (bicyclic) bond motifs is 3. The van der Waals surface area contributed by atoms with E-state index in [1.807, 2.05) is 0 Å². The van der Waals surface area contributed by atoms with Crippen molar-refractivity contribution in [3.8, 4) is 5.75 Å². The molecule has 0 fully saturated rings. The Morgan fingerprint density at radius 1 is 0.920 bits per heavy atom. The molecule has 0 spiro atoms. The molecule has 0 aliphatic carbocycles. The molecule has 5 heteroatoms. The van der Waals surface area contributed by atoms with Crippen molar-refractivity contribution >= 4 is 27.5 Å². The Labute approximate surface area is 156 Å². The van der Waals surface area contributed by atoms with Crippen LogP contribution in [0.15, 0.2) is 73.1 Å². The lowest BCUT2D eigenvalue weighted by Crippen LogP contribution is -3.00. The fraction of sp³-hybridized carbons (Fsp3) is 0.100. The van der Waals surface area contributed by atoms with E-state index in [1.165, 1.54) is 21.7 Å². The lowest BCUT2D eigenvalue weighted by Gasteiger charge is -2.07. The first-order chi connectivity index (χ1) is 11.8. The quantitative estimate of drug-likeness (QED) is 0.390. The van der Waals surface area contributed by atoms with Crippen LogP contribution in [0, 0.1) is 0 Å². The summed E-state index contributed by atoms with van der Waals surface area (Å²) in [7, 11) is 0. The van der Waals surface area contributed by atoms with Gasteiger partial charge in [0, 0.05) is 23.0 Å². The number of benzene rings is 2. The Balaban J connectivity index is 0.00000182. The van der Waals surface area contributed by atoms with E-state index in [0.717, 1.165) is 6.54 Å². The zero-order valence-electron chi connectivity index (χ0n) is 13.6. The van der Waals surface area contributed by atoms with Crippen LogP contribution in [-0.4, -0.2) is 16.6 Å². The van der Waals surface area contributed by atoms with Crippen LogP contribution in [0.3, 0.4) is 0 Å². The third-order valence-corrected chi connectivity index (χ3v) is 4.19. The zero-order chi connectivity index (χ0) is 16.4. The van der Waals surface area contributed by atoms with Gasteiger partial charge in [-0.25, -0.2) is 4.98 Å². The number of hydrogen-bond acceptors (Lipinski definition) is 3. The second-order valence-corrected chi connectivity index (χ2v) is 5.72. The van der Waals surface area contributed by atoms with Gasteiger partial charge in [-0.3, -0.25) is 0 Å². The highest BCUT2D eigenvalue weighted by molar-refractivity contribution is 6.03. The van der Waals surface area contributed by atoms with E-state index in [4.69, 9.17) is 0 Å². The maximum atomic E-state index is 9.79. The van der Waals surface area contributed by atoms with E-state index in [9.17, 15) is 5.11 Å². The monoisotopic (exact) mass is 395 g/mol. The molecule has 126 valence electrons. The summed E-state index contributed by atoms with van der Waals surface area (Å²) in [5.74, 6) is 0.689. The van der Waals surface area contributed by atoms with Crippen molar-refractivity contribution in [2.45, 2.75) is 6.54 Å². The molecule has 2 aromatic carbocycles. The highest BCUT2D eigenvalue weighted by Crippen LogP contribution is 2.22. The van der Waals surface area contributed by atoms with E-state index >= 15 is 0 Å². The average Bonchev–Trinajstić information content (AvgIpc) is 2.63. The third kappa shape index (κ3) is 3.42. The van der Waals surface area contributed by atoms with Gasteiger partial charge in [0.25, 0.3) is 0 Å². The molecule has 2 heterocycles. The van der Waals surface area contributed by atoms with Crippen molar-refractivity contribution in [2.75, 3.05) is 11.9 Å². The highest BCUT2D eigenvalue weighted by Gasteiger charge is 2.12. The van der Waals surface area contributed by atoms with Gasteiger partial charge >= 0.3 is 0 Å². The Kier molecular flexibility index (Phi) is 5.14. The number of para-hydroxylation sites is 1. The Morgan fingerprint density at radius 3 is 2.52 bits per heavy atom. The molecule has 2 aromatic heterocycles. The molecular weight excluding hydrogens is 378 g/mol. The van der Waals surface area contributed by atoms with E-state index in [2.05, 4.69) is 69.6 Å². The number of rotatable bonds is 4. The van der Waals surface area contributed by atoms with Crippen LogP contribution in [0.4, 0.5) is 5.82 Å². The predicted molar refractivity (Wildman–Crippen MR) is 96.0 cm³/mol. The highest BCUT2D eigenvalue weighted by atomic mass is 79.9. The topological polar surface area (TPSA) is 49.0 Å². The summed E-state index contributed by atoms with van der Waals surface area (Å²) >= 11 is 0. The van der Waals surface area contributed by atoms with Gasteiger partial charge in [0.05, 0.1) is 11.9 Å². The van der Waals surface area contributed by atoms with Crippen molar-refractivity contribution in [1.29, 1.82) is 0 Å². The summed E-state index contributed by atoms with van der Waals surface area (Å²) in [6, 6.07) is 20.2. The summed E-state index contributed by atoms with van der Waals surface area (Å²) in [4.78, 5) is 4.15. The molecule has 0 aliphatic rings. The van der Waals surface area contributed by atoms with Gasteiger partial charge in [0.1, 0.15) is 0 Å². The van der Waals surface area contributed by atoms with Crippen LogP contribution in [0.5, 0.6) is 5.75 Å². The van der Waals surface area contributed by atoms with Crippen molar-refractivity contribution in [3.05, 3.63) is 73.1 Å². The van der Waals surface area contributed by atoms with Crippen molar-refractivity contribution in [2.24, 2.45) is 0 Å². The Morgan fingerprint density at radius 2 is 1.68 bits per heavy atom. The molecular formula is C20H18BrN3O. The van der Waals surface area contributed by atoms with E-state index in [-0.39, 0.29) is 22.7 Å². The predicted octanol–water partition coefficient (Wildman–Crippen LogP) is 0.497. The molecule has 4 nitrogen and oxygen atoms in total. The molecule has 0 atom stereocenters. The van der Waals surface area contributed by atoms with Gasteiger partial charge in [0.2, 0.25) is 5.52 Å². The minimum Gasteiger partial charge on any atom is -1.00 e. The largest absolute Gasteiger partial charge is 1.00 e. The first kappa shape index (κ1) is 17.2. The second-order valence-electron chi connectivity index (χ2n) is 5.72. The standard InChI is InChI=1S/C20H17N3O.BrH/c24-19-10-5-11-21-20(19)22-12-13-23-14-15-6-1-2-7-16(15)17-8-3-4-9-18(17)23;/h1-11,14H,12-13H2,(H-,21,22,24);1H. The number of anilines is 1. The minimum atomic E-state index is 0. The van der Waals surface area contributed by atoms with Crippen LogP contribution in [0.2, 0.25) is 0 Å². The van der Waals surface area contributed by atoms with Crippen molar-refractivity contribution in [1.82, 2.24) is 4.98 Å². The van der Waals surface area contributed by atoms with Crippen LogP contribution in [0.25, 0.3) is 21.7 Å². The van der Waals surface area contributed by atoms with Crippen molar-refractivity contribution < 1.29 is 26.7 Å². The van der Waals surface area contributed by atoms with Gasteiger partial charge < -0.3 is 27.4 Å². The number of hydrogen-bond donors (Lipinski definition) is 2. The zero-order valence-corrected chi connectivity index (χ0v) is 15.1. The summed E-state index contributed by atoms with van der Waals surface area (Å²) in [5.41, 5.74) is 1.20.